The van der Waals surface area contributed by atoms with Crippen LogP contribution in [0, 0.1) is 11.8 Å². The van der Waals surface area contributed by atoms with Gasteiger partial charge in [0.1, 0.15) is 0 Å². The van der Waals surface area contributed by atoms with E-state index < -0.39 is 5.97 Å². The van der Waals surface area contributed by atoms with E-state index in [1.54, 1.807) is 0 Å². The molecule has 96 valence electrons. The Hall–Kier alpha value is -1.36. The molecule has 3 unspecified atom stereocenters. The molecule has 4 N–H and O–H groups in total. The highest BCUT2D eigenvalue weighted by Gasteiger charge is 2.22. The van der Waals surface area contributed by atoms with Crippen LogP contribution in [0.3, 0.4) is 0 Å². The van der Waals surface area contributed by atoms with Gasteiger partial charge in [0.25, 0.3) is 0 Å². The van der Waals surface area contributed by atoms with Crippen LogP contribution < -0.4 is 11.1 Å². The monoisotopic (exact) mass is 240 g/mol. The van der Waals surface area contributed by atoms with Gasteiger partial charge in [-0.25, -0.2) is 0 Å². The molecule has 0 fully saturated rings. The third-order valence-electron chi connectivity index (χ3n) is 2.93. The van der Waals surface area contributed by atoms with E-state index in [4.69, 9.17) is 10.8 Å². The highest BCUT2D eigenvalue weighted by atomic mass is 16.4. The third-order valence-corrected chi connectivity index (χ3v) is 2.93. The molecule has 0 heterocycles. The maximum atomic E-state index is 11.7. The van der Waals surface area contributed by atoms with Crippen molar-refractivity contribution in [1.82, 2.24) is 5.32 Å². The molecule has 5 nitrogen and oxygen atoms in total. The number of amides is 1. The second-order valence-electron chi connectivity index (χ2n) is 4.67. The molecule has 0 aromatic carbocycles. The molecule has 5 heteroatoms. The Bertz CT molecular complexity index is 315. The Morgan fingerprint density at radius 1 is 1.53 bits per heavy atom. The highest BCUT2D eigenvalue weighted by Crippen LogP contribution is 2.16. The predicted molar refractivity (Wildman–Crippen MR) is 64.3 cm³/mol. The number of carboxylic acids is 1. The van der Waals surface area contributed by atoms with E-state index in [9.17, 15) is 9.59 Å². The number of aliphatic carboxylic acids is 1. The van der Waals surface area contributed by atoms with E-state index in [1.165, 1.54) is 0 Å². The van der Waals surface area contributed by atoms with E-state index in [0.717, 1.165) is 0 Å². The van der Waals surface area contributed by atoms with Crippen LogP contribution in [0.2, 0.25) is 0 Å². The predicted octanol–water partition coefficient (Wildman–Crippen LogP) is 0.507. The molecule has 0 saturated carbocycles. The van der Waals surface area contributed by atoms with E-state index in [0.29, 0.717) is 19.4 Å². The summed E-state index contributed by atoms with van der Waals surface area (Å²) in [6.45, 7) is 2.45. The van der Waals surface area contributed by atoms with E-state index in [1.807, 2.05) is 19.1 Å². The van der Waals surface area contributed by atoms with Crippen LogP contribution >= 0.6 is 0 Å². The van der Waals surface area contributed by atoms with Gasteiger partial charge in [-0.15, -0.1) is 0 Å². The number of nitrogens with two attached hydrogens (primary N) is 1. The molecule has 17 heavy (non-hydrogen) atoms. The molecule has 1 amide bonds. The Kier molecular flexibility index (Phi) is 5.15. The quantitative estimate of drug-likeness (QED) is 0.590. The number of nitrogens with one attached hydrogen (secondary N) is 1. The Morgan fingerprint density at radius 2 is 2.24 bits per heavy atom. The van der Waals surface area contributed by atoms with E-state index in [2.05, 4.69) is 5.32 Å². The van der Waals surface area contributed by atoms with Gasteiger partial charge in [-0.2, -0.15) is 0 Å². The molecular formula is C12H20N2O3. The average molecular weight is 240 g/mol. The fourth-order valence-corrected chi connectivity index (χ4v) is 1.80. The fraction of sp³-hybridized carbons (Fsp3) is 0.667. The Balaban J connectivity index is 2.19. The summed E-state index contributed by atoms with van der Waals surface area (Å²) in [5.41, 5.74) is 5.67. The smallest absolute Gasteiger partial charge is 0.303 e. The first-order valence-corrected chi connectivity index (χ1v) is 5.92. The number of hydrogen-bond acceptors (Lipinski definition) is 3. The lowest BCUT2D eigenvalue weighted by atomic mass is 10.0. The van der Waals surface area contributed by atoms with Gasteiger partial charge in [-0.05, 0) is 18.8 Å². The third kappa shape index (κ3) is 4.99. The van der Waals surface area contributed by atoms with Crippen LogP contribution in [0.1, 0.15) is 26.2 Å². The Morgan fingerprint density at radius 3 is 2.76 bits per heavy atom. The minimum atomic E-state index is -0.798. The van der Waals surface area contributed by atoms with Crippen LogP contribution in [0.25, 0.3) is 0 Å². The standard InChI is InChI=1S/C12H20N2O3/c1-8(2-5-11(15)16)7-14-12(17)9-3-4-10(13)6-9/h3-4,8-10H,2,5-7,13H2,1H3,(H,14,17)(H,15,16). The van der Waals surface area contributed by atoms with Crippen LogP contribution in [-0.2, 0) is 9.59 Å². The summed E-state index contributed by atoms with van der Waals surface area (Å²) in [6.07, 6.45) is 5.07. The molecular weight excluding hydrogens is 220 g/mol. The van der Waals surface area contributed by atoms with Gasteiger partial charge in [-0.1, -0.05) is 19.1 Å². The van der Waals surface area contributed by atoms with Gasteiger partial charge in [0.15, 0.2) is 0 Å². The van der Waals surface area contributed by atoms with Crippen molar-refractivity contribution in [3.8, 4) is 0 Å². The summed E-state index contributed by atoms with van der Waals surface area (Å²) >= 11 is 0. The first-order valence-electron chi connectivity index (χ1n) is 5.92. The molecule has 0 aliphatic heterocycles. The normalized spacial score (nSPS) is 24.6. The lowest BCUT2D eigenvalue weighted by molar-refractivity contribution is -0.137. The van der Waals surface area contributed by atoms with Crippen molar-refractivity contribution in [3.05, 3.63) is 12.2 Å². The molecule has 1 aliphatic carbocycles. The summed E-state index contributed by atoms with van der Waals surface area (Å²) in [7, 11) is 0. The van der Waals surface area contributed by atoms with E-state index >= 15 is 0 Å². The van der Waals surface area contributed by atoms with Gasteiger partial charge in [0.05, 0.1) is 5.92 Å². The zero-order valence-electron chi connectivity index (χ0n) is 10.1. The first-order chi connectivity index (χ1) is 7.99. The van der Waals surface area contributed by atoms with Gasteiger partial charge in [0.2, 0.25) is 5.91 Å². The number of carbonyl (C=O) groups is 2. The summed E-state index contributed by atoms with van der Waals surface area (Å²) in [5.74, 6) is -0.768. The minimum Gasteiger partial charge on any atom is -0.481 e. The van der Waals surface area contributed by atoms with Gasteiger partial charge in [0, 0.05) is 19.0 Å². The number of hydrogen-bond donors (Lipinski definition) is 3. The van der Waals surface area contributed by atoms with Crippen molar-refractivity contribution < 1.29 is 14.7 Å². The fourth-order valence-electron chi connectivity index (χ4n) is 1.80. The SMILES string of the molecule is CC(CCC(=O)O)CNC(=O)C1C=CC(N)C1. The van der Waals surface area contributed by atoms with Crippen molar-refractivity contribution in [3.63, 3.8) is 0 Å². The first kappa shape index (κ1) is 13.7. The summed E-state index contributed by atoms with van der Waals surface area (Å²) in [4.78, 5) is 22.1. The minimum absolute atomic E-state index is 0.0172. The van der Waals surface area contributed by atoms with Crippen LogP contribution in [0.4, 0.5) is 0 Å². The molecule has 1 aliphatic rings. The lowest BCUT2D eigenvalue weighted by Crippen LogP contribution is -2.33. The summed E-state index contributed by atoms with van der Waals surface area (Å²) < 4.78 is 0. The van der Waals surface area contributed by atoms with Gasteiger partial charge in [-0.3, -0.25) is 9.59 Å². The topological polar surface area (TPSA) is 92.4 Å². The van der Waals surface area contributed by atoms with Crippen LogP contribution in [-0.4, -0.2) is 29.6 Å². The van der Waals surface area contributed by atoms with Crippen molar-refractivity contribution >= 4 is 11.9 Å². The maximum Gasteiger partial charge on any atom is 0.303 e. The number of rotatable bonds is 6. The van der Waals surface area contributed by atoms with Crippen molar-refractivity contribution in [2.75, 3.05) is 6.54 Å². The number of carboxylic acid groups (broad SMARTS) is 1. The zero-order valence-corrected chi connectivity index (χ0v) is 10.1. The second-order valence-corrected chi connectivity index (χ2v) is 4.67. The molecule has 0 aromatic rings. The number of carbonyl (C=O) groups excluding carboxylic acids is 1. The highest BCUT2D eigenvalue weighted by molar-refractivity contribution is 5.81. The summed E-state index contributed by atoms with van der Waals surface area (Å²) in [5, 5.41) is 11.4. The van der Waals surface area contributed by atoms with Crippen molar-refractivity contribution in [2.24, 2.45) is 17.6 Å². The molecule has 0 saturated heterocycles. The summed E-state index contributed by atoms with van der Waals surface area (Å²) in [6, 6.07) is -0.0183. The maximum absolute atomic E-state index is 11.7. The second kappa shape index (κ2) is 6.39. The zero-order chi connectivity index (χ0) is 12.8. The van der Waals surface area contributed by atoms with Crippen LogP contribution in [0.5, 0.6) is 0 Å². The largest absolute Gasteiger partial charge is 0.481 e. The van der Waals surface area contributed by atoms with E-state index in [-0.39, 0.29) is 30.2 Å². The molecule has 0 aromatic heterocycles. The molecule has 0 spiro atoms. The van der Waals surface area contributed by atoms with Crippen LogP contribution in [0.15, 0.2) is 12.2 Å². The molecule has 3 atom stereocenters. The molecule has 0 radical (unpaired) electrons. The van der Waals surface area contributed by atoms with Gasteiger partial charge >= 0.3 is 5.97 Å². The van der Waals surface area contributed by atoms with Crippen molar-refractivity contribution in [2.45, 2.75) is 32.2 Å². The Labute approximate surface area is 101 Å². The van der Waals surface area contributed by atoms with Gasteiger partial charge < -0.3 is 16.2 Å². The van der Waals surface area contributed by atoms with Crippen molar-refractivity contribution in [1.29, 1.82) is 0 Å². The average Bonchev–Trinajstić information content (AvgIpc) is 2.70. The molecule has 1 rings (SSSR count). The lowest BCUT2D eigenvalue weighted by Gasteiger charge is -2.14. The molecule has 0 bridgehead atoms.